The third-order valence-electron chi connectivity index (χ3n) is 3.42. The summed E-state index contributed by atoms with van der Waals surface area (Å²) in [6.45, 7) is 3.03. The van der Waals surface area contributed by atoms with E-state index in [2.05, 4.69) is 23.0 Å². The van der Waals surface area contributed by atoms with Gasteiger partial charge in [-0.25, -0.2) is 0 Å². The second kappa shape index (κ2) is 7.63. The minimum Gasteiger partial charge on any atom is -0.358 e. The quantitative estimate of drug-likeness (QED) is 0.520. The summed E-state index contributed by atoms with van der Waals surface area (Å²) >= 11 is 0. The Morgan fingerprint density at radius 2 is 2.12 bits per heavy atom. The van der Waals surface area contributed by atoms with Crippen LogP contribution in [0.15, 0.2) is 0 Å². The Bertz CT molecular complexity index is 227. The van der Waals surface area contributed by atoms with E-state index in [1.807, 2.05) is 0 Å². The summed E-state index contributed by atoms with van der Waals surface area (Å²) < 4.78 is 0. The normalized spacial score (nSPS) is 20.2. The van der Waals surface area contributed by atoms with Crippen molar-refractivity contribution >= 4 is 5.91 Å². The van der Waals surface area contributed by atoms with Crippen LogP contribution in [0.25, 0.3) is 0 Å². The van der Waals surface area contributed by atoms with E-state index in [9.17, 15) is 4.79 Å². The standard InChI is InChI=1S/C12H26N4O/c1-16-8-5-10(6-9-16)15-12(17)11(14)4-2-3-7-13/h10-11H,2-9,13-14H2,1H3,(H,15,17)/p+1/t11-/m0/s1. The van der Waals surface area contributed by atoms with Crippen LogP contribution in [-0.2, 0) is 4.79 Å². The van der Waals surface area contributed by atoms with Gasteiger partial charge >= 0.3 is 0 Å². The molecule has 0 radical (unpaired) electrons. The molecule has 1 rings (SSSR count). The van der Waals surface area contributed by atoms with Crippen molar-refractivity contribution in [1.29, 1.82) is 0 Å². The Morgan fingerprint density at radius 3 is 2.71 bits per heavy atom. The highest BCUT2D eigenvalue weighted by Gasteiger charge is 2.21. The predicted octanol–water partition coefficient (Wildman–Crippen LogP) is -1.06. The van der Waals surface area contributed by atoms with Crippen molar-refractivity contribution < 1.29 is 10.5 Å². The SMILES string of the molecule is CN1CCC(NC(=O)[C@@H](N)CCCC[NH3+])CC1. The van der Waals surface area contributed by atoms with E-state index in [-0.39, 0.29) is 11.9 Å². The van der Waals surface area contributed by atoms with Gasteiger partial charge in [-0.15, -0.1) is 0 Å². The molecule has 1 saturated heterocycles. The third kappa shape index (κ3) is 5.48. The average Bonchev–Trinajstić information content (AvgIpc) is 2.32. The molecule has 5 nitrogen and oxygen atoms in total. The summed E-state index contributed by atoms with van der Waals surface area (Å²) in [5, 5.41) is 3.06. The lowest BCUT2D eigenvalue weighted by Crippen LogP contribution is -2.50. The van der Waals surface area contributed by atoms with Crippen molar-refractivity contribution in [1.82, 2.24) is 10.2 Å². The maximum atomic E-state index is 11.8. The fraction of sp³-hybridized carbons (Fsp3) is 0.917. The topological polar surface area (TPSA) is 86.0 Å². The first-order valence-electron chi connectivity index (χ1n) is 6.67. The minimum atomic E-state index is -0.346. The Morgan fingerprint density at radius 1 is 1.47 bits per heavy atom. The van der Waals surface area contributed by atoms with Gasteiger partial charge in [-0.1, -0.05) is 0 Å². The number of carbonyl (C=O) groups excluding carboxylic acids is 1. The van der Waals surface area contributed by atoms with Gasteiger partial charge in [0.1, 0.15) is 0 Å². The van der Waals surface area contributed by atoms with Crippen molar-refractivity contribution in [3.05, 3.63) is 0 Å². The average molecular weight is 243 g/mol. The number of hydrogen-bond acceptors (Lipinski definition) is 3. The van der Waals surface area contributed by atoms with Gasteiger partial charge in [-0.3, -0.25) is 4.79 Å². The van der Waals surface area contributed by atoms with Crippen LogP contribution >= 0.6 is 0 Å². The number of carbonyl (C=O) groups is 1. The maximum Gasteiger partial charge on any atom is 0.237 e. The zero-order chi connectivity index (χ0) is 12.7. The van der Waals surface area contributed by atoms with Crippen LogP contribution in [0, 0.1) is 0 Å². The molecule has 0 aliphatic carbocycles. The highest BCUT2D eigenvalue weighted by Crippen LogP contribution is 2.08. The number of nitrogens with one attached hydrogen (secondary N) is 1. The number of rotatable bonds is 6. The molecule has 1 fully saturated rings. The van der Waals surface area contributed by atoms with Crippen LogP contribution in [0.4, 0.5) is 0 Å². The minimum absolute atomic E-state index is 0.0172. The number of quaternary nitrogens is 1. The third-order valence-corrected chi connectivity index (χ3v) is 3.42. The highest BCUT2D eigenvalue weighted by molar-refractivity contribution is 5.81. The summed E-state index contributed by atoms with van der Waals surface area (Å²) in [6.07, 6.45) is 4.89. The van der Waals surface area contributed by atoms with Gasteiger partial charge in [-0.05, 0) is 52.2 Å². The van der Waals surface area contributed by atoms with E-state index in [0.717, 1.165) is 51.7 Å². The molecule has 0 saturated carbocycles. The van der Waals surface area contributed by atoms with Gasteiger partial charge in [0.15, 0.2) is 0 Å². The lowest BCUT2D eigenvalue weighted by molar-refractivity contribution is -0.368. The lowest BCUT2D eigenvalue weighted by atomic mass is 10.0. The van der Waals surface area contributed by atoms with Gasteiger partial charge in [-0.2, -0.15) is 0 Å². The molecular weight excluding hydrogens is 216 g/mol. The molecule has 0 unspecified atom stereocenters. The van der Waals surface area contributed by atoms with Crippen molar-refractivity contribution in [2.75, 3.05) is 26.7 Å². The van der Waals surface area contributed by atoms with Crippen LogP contribution in [0.5, 0.6) is 0 Å². The second-order valence-corrected chi connectivity index (χ2v) is 5.04. The van der Waals surface area contributed by atoms with Gasteiger partial charge in [0, 0.05) is 6.04 Å². The number of nitrogens with two attached hydrogens (primary N) is 1. The Balaban J connectivity index is 2.19. The maximum absolute atomic E-state index is 11.8. The van der Waals surface area contributed by atoms with Gasteiger partial charge in [0.2, 0.25) is 5.91 Å². The van der Waals surface area contributed by atoms with E-state index in [1.54, 1.807) is 0 Å². The number of hydrogen-bond donors (Lipinski definition) is 3. The van der Waals surface area contributed by atoms with E-state index < -0.39 is 0 Å². The predicted molar refractivity (Wildman–Crippen MR) is 68.2 cm³/mol. The van der Waals surface area contributed by atoms with Crippen LogP contribution in [0.2, 0.25) is 0 Å². The molecule has 0 spiro atoms. The molecule has 1 aliphatic heterocycles. The first-order chi connectivity index (χ1) is 8.13. The molecule has 5 heteroatoms. The van der Waals surface area contributed by atoms with E-state index in [4.69, 9.17) is 5.73 Å². The van der Waals surface area contributed by atoms with E-state index in [0.29, 0.717) is 6.04 Å². The number of likely N-dealkylation sites (tertiary alicyclic amines) is 1. The first-order valence-corrected chi connectivity index (χ1v) is 6.67. The summed E-state index contributed by atoms with van der Waals surface area (Å²) in [5.74, 6) is 0.0172. The molecule has 1 heterocycles. The van der Waals surface area contributed by atoms with Crippen molar-refractivity contribution in [3.63, 3.8) is 0 Å². The van der Waals surface area contributed by atoms with Gasteiger partial charge in [0.05, 0.1) is 12.6 Å². The molecule has 0 aromatic rings. The summed E-state index contributed by atoms with van der Waals surface area (Å²) in [6, 6.07) is -0.0289. The fourth-order valence-corrected chi connectivity index (χ4v) is 2.13. The van der Waals surface area contributed by atoms with Crippen molar-refractivity contribution in [3.8, 4) is 0 Å². The summed E-state index contributed by atoms with van der Waals surface area (Å²) in [5.41, 5.74) is 9.64. The molecule has 0 bridgehead atoms. The van der Waals surface area contributed by atoms with Crippen LogP contribution < -0.4 is 16.8 Å². The van der Waals surface area contributed by atoms with Crippen LogP contribution in [-0.4, -0.2) is 49.6 Å². The summed E-state index contributed by atoms with van der Waals surface area (Å²) in [4.78, 5) is 14.1. The Kier molecular flexibility index (Phi) is 6.47. The number of amides is 1. The molecule has 0 aromatic heterocycles. The Labute approximate surface area is 104 Å². The number of unbranched alkanes of at least 4 members (excludes halogenated alkanes) is 1. The largest absolute Gasteiger partial charge is 0.358 e. The zero-order valence-corrected chi connectivity index (χ0v) is 11.0. The van der Waals surface area contributed by atoms with Crippen LogP contribution in [0.1, 0.15) is 32.1 Å². The molecule has 1 atom stereocenters. The van der Waals surface area contributed by atoms with E-state index >= 15 is 0 Å². The molecule has 1 aliphatic rings. The monoisotopic (exact) mass is 243 g/mol. The smallest absolute Gasteiger partial charge is 0.237 e. The molecule has 100 valence electrons. The fourth-order valence-electron chi connectivity index (χ4n) is 2.13. The molecular formula is C12H27N4O+. The zero-order valence-electron chi connectivity index (χ0n) is 11.0. The van der Waals surface area contributed by atoms with Crippen molar-refractivity contribution in [2.45, 2.75) is 44.2 Å². The lowest BCUT2D eigenvalue weighted by Gasteiger charge is -2.30. The molecule has 1 amide bonds. The van der Waals surface area contributed by atoms with Gasteiger partial charge in [0.25, 0.3) is 0 Å². The van der Waals surface area contributed by atoms with Crippen LogP contribution in [0.3, 0.4) is 0 Å². The summed E-state index contributed by atoms with van der Waals surface area (Å²) in [7, 11) is 2.11. The Hall–Kier alpha value is -0.650. The number of nitrogens with zero attached hydrogens (tertiary/aromatic N) is 1. The number of piperidine rings is 1. The molecule has 17 heavy (non-hydrogen) atoms. The second-order valence-electron chi connectivity index (χ2n) is 5.04. The first kappa shape index (κ1) is 14.4. The molecule has 6 N–H and O–H groups in total. The highest BCUT2D eigenvalue weighted by atomic mass is 16.2. The van der Waals surface area contributed by atoms with Crippen molar-refractivity contribution in [2.24, 2.45) is 5.73 Å². The van der Waals surface area contributed by atoms with Gasteiger partial charge < -0.3 is 21.7 Å². The molecule has 0 aromatic carbocycles. The van der Waals surface area contributed by atoms with E-state index in [1.165, 1.54) is 0 Å².